The summed E-state index contributed by atoms with van der Waals surface area (Å²) in [5.41, 5.74) is 2.02. The van der Waals surface area contributed by atoms with Crippen molar-refractivity contribution in [2.24, 2.45) is 5.92 Å². The molecule has 0 bridgehead atoms. The van der Waals surface area contributed by atoms with E-state index >= 15 is 0 Å². The highest BCUT2D eigenvalue weighted by molar-refractivity contribution is 9.10. The van der Waals surface area contributed by atoms with Crippen LogP contribution in [0.25, 0.3) is 0 Å². The number of halogens is 1. The van der Waals surface area contributed by atoms with Crippen LogP contribution in [-0.2, 0) is 4.79 Å². The van der Waals surface area contributed by atoms with E-state index in [4.69, 9.17) is 0 Å². The number of hydrogen-bond acceptors (Lipinski definition) is 1. The normalized spacial score (nSPS) is 12.2. The lowest BCUT2D eigenvalue weighted by molar-refractivity contribution is -0.119. The molecule has 0 saturated carbocycles. The summed E-state index contributed by atoms with van der Waals surface area (Å²) >= 11 is 3.45. The van der Waals surface area contributed by atoms with Gasteiger partial charge in [-0.05, 0) is 31.0 Å². The minimum atomic E-state index is 0.0741. The van der Waals surface area contributed by atoms with Crippen LogP contribution in [0, 0.1) is 12.8 Å². The first-order chi connectivity index (χ1) is 7.54. The van der Waals surface area contributed by atoms with E-state index in [2.05, 4.69) is 28.2 Å². The van der Waals surface area contributed by atoms with Gasteiger partial charge in [-0.15, -0.1) is 0 Å². The van der Waals surface area contributed by atoms with E-state index in [1.54, 1.807) is 0 Å². The SMILES string of the molecule is CCCC(C)C(=O)Nc1ccc(C)c(Br)c1. The summed E-state index contributed by atoms with van der Waals surface area (Å²) < 4.78 is 1.02. The first-order valence-corrected chi connectivity index (χ1v) is 6.41. The molecule has 1 unspecified atom stereocenters. The van der Waals surface area contributed by atoms with Gasteiger partial charge < -0.3 is 5.32 Å². The highest BCUT2D eigenvalue weighted by Gasteiger charge is 2.11. The fourth-order valence-corrected chi connectivity index (χ4v) is 1.88. The van der Waals surface area contributed by atoms with Gasteiger partial charge in [-0.1, -0.05) is 42.3 Å². The average molecular weight is 284 g/mol. The minimum absolute atomic E-state index is 0.0741. The molecular formula is C13H18BrNO. The van der Waals surface area contributed by atoms with Gasteiger partial charge in [0.1, 0.15) is 0 Å². The minimum Gasteiger partial charge on any atom is -0.326 e. The number of aryl methyl sites for hydroxylation is 1. The fourth-order valence-electron chi connectivity index (χ4n) is 1.50. The second kappa shape index (κ2) is 6.04. The van der Waals surface area contributed by atoms with Gasteiger partial charge in [-0.25, -0.2) is 0 Å². The third kappa shape index (κ3) is 3.63. The quantitative estimate of drug-likeness (QED) is 0.884. The van der Waals surface area contributed by atoms with Gasteiger partial charge in [0.05, 0.1) is 0 Å². The molecule has 1 aromatic rings. The summed E-state index contributed by atoms with van der Waals surface area (Å²) in [4.78, 5) is 11.8. The van der Waals surface area contributed by atoms with Crippen LogP contribution in [0.2, 0.25) is 0 Å². The van der Waals surface area contributed by atoms with Crippen molar-refractivity contribution in [3.05, 3.63) is 28.2 Å². The molecule has 0 aliphatic carbocycles. The predicted molar refractivity (Wildman–Crippen MR) is 71.6 cm³/mol. The van der Waals surface area contributed by atoms with Crippen LogP contribution >= 0.6 is 15.9 Å². The molecule has 0 radical (unpaired) electrons. The Morgan fingerprint density at radius 3 is 2.75 bits per heavy atom. The van der Waals surface area contributed by atoms with Gasteiger partial charge in [0.25, 0.3) is 0 Å². The summed E-state index contributed by atoms with van der Waals surface area (Å²) in [5, 5.41) is 2.93. The summed E-state index contributed by atoms with van der Waals surface area (Å²) in [7, 11) is 0. The lowest BCUT2D eigenvalue weighted by Gasteiger charge is -2.11. The standard InChI is InChI=1S/C13H18BrNO/c1-4-5-10(3)13(16)15-11-7-6-9(2)12(14)8-11/h6-8,10H,4-5H2,1-3H3,(H,15,16). The number of nitrogens with one attached hydrogen (secondary N) is 1. The zero-order chi connectivity index (χ0) is 12.1. The van der Waals surface area contributed by atoms with Crippen molar-refractivity contribution in [1.29, 1.82) is 0 Å². The zero-order valence-corrected chi connectivity index (χ0v) is 11.6. The van der Waals surface area contributed by atoms with Crippen LogP contribution in [0.1, 0.15) is 32.3 Å². The summed E-state index contributed by atoms with van der Waals surface area (Å²) in [6, 6.07) is 5.85. The van der Waals surface area contributed by atoms with E-state index in [-0.39, 0.29) is 11.8 Å². The van der Waals surface area contributed by atoms with Crippen molar-refractivity contribution in [2.45, 2.75) is 33.6 Å². The van der Waals surface area contributed by atoms with E-state index < -0.39 is 0 Å². The van der Waals surface area contributed by atoms with E-state index in [0.717, 1.165) is 23.0 Å². The topological polar surface area (TPSA) is 29.1 Å². The number of carbonyl (C=O) groups is 1. The maximum absolute atomic E-state index is 11.8. The molecule has 88 valence electrons. The zero-order valence-electron chi connectivity index (χ0n) is 10.0. The molecule has 0 heterocycles. The number of hydrogen-bond donors (Lipinski definition) is 1. The molecule has 0 aliphatic rings. The molecule has 0 aliphatic heterocycles. The van der Waals surface area contributed by atoms with E-state index in [1.807, 2.05) is 32.0 Å². The van der Waals surface area contributed by atoms with Gasteiger partial charge in [0.15, 0.2) is 0 Å². The molecule has 0 aromatic heterocycles. The highest BCUT2D eigenvalue weighted by atomic mass is 79.9. The second-order valence-electron chi connectivity index (χ2n) is 4.14. The summed E-state index contributed by atoms with van der Waals surface area (Å²) in [6.45, 7) is 6.07. The highest BCUT2D eigenvalue weighted by Crippen LogP contribution is 2.21. The maximum atomic E-state index is 11.8. The van der Waals surface area contributed by atoms with E-state index in [0.29, 0.717) is 0 Å². The number of anilines is 1. The van der Waals surface area contributed by atoms with Crippen LogP contribution < -0.4 is 5.32 Å². The van der Waals surface area contributed by atoms with Crippen molar-refractivity contribution in [1.82, 2.24) is 0 Å². The Morgan fingerprint density at radius 2 is 2.19 bits per heavy atom. The number of amides is 1. The van der Waals surface area contributed by atoms with Crippen molar-refractivity contribution in [3.63, 3.8) is 0 Å². The van der Waals surface area contributed by atoms with Gasteiger partial charge in [-0.2, -0.15) is 0 Å². The maximum Gasteiger partial charge on any atom is 0.227 e. The Bertz CT molecular complexity index is 376. The summed E-state index contributed by atoms with van der Waals surface area (Å²) in [5.74, 6) is 0.169. The molecule has 3 heteroatoms. The average Bonchev–Trinajstić information content (AvgIpc) is 2.24. The van der Waals surface area contributed by atoms with Crippen LogP contribution in [0.4, 0.5) is 5.69 Å². The Balaban J connectivity index is 2.66. The molecule has 1 atom stereocenters. The Morgan fingerprint density at radius 1 is 1.50 bits per heavy atom. The smallest absolute Gasteiger partial charge is 0.227 e. The molecule has 16 heavy (non-hydrogen) atoms. The molecule has 1 N–H and O–H groups in total. The Kier molecular flexibility index (Phi) is 5.00. The Labute approximate surface area is 106 Å². The molecule has 1 rings (SSSR count). The van der Waals surface area contributed by atoms with Crippen LogP contribution in [0.3, 0.4) is 0 Å². The summed E-state index contributed by atoms with van der Waals surface area (Å²) in [6.07, 6.45) is 1.96. The van der Waals surface area contributed by atoms with Crippen molar-refractivity contribution in [2.75, 3.05) is 5.32 Å². The Hall–Kier alpha value is -0.830. The fraction of sp³-hybridized carbons (Fsp3) is 0.462. The molecule has 0 fully saturated rings. The molecule has 0 saturated heterocycles. The van der Waals surface area contributed by atoms with Crippen molar-refractivity contribution in [3.8, 4) is 0 Å². The van der Waals surface area contributed by atoms with E-state index in [9.17, 15) is 4.79 Å². The van der Waals surface area contributed by atoms with Crippen LogP contribution in [0.5, 0.6) is 0 Å². The number of carbonyl (C=O) groups excluding carboxylic acids is 1. The molecule has 1 amide bonds. The lowest BCUT2D eigenvalue weighted by atomic mass is 10.1. The van der Waals surface area contributed by atoms with Gasteiger partial charge in [0.2, 0.25) is 5.91 Å². The largest absolute Gasteiger partial charge is 0.326 e. The third-order valence-corrected chi connectivity index (χ3v) is 3.46. The molecule has 1 aromatic carbocycles. The lowest BCUT2D eigenvalue weighted by Crippen LogP contribution is -2.20. The van der Waals surface area contributed by atoms with Gasteiger partial charge in [0, 0.05) is 16.1 Å². The van der Waals surface area contributed by atoms with Crippen molar-refractivity contribution < 1.29 is 4.79 Å². The van der Waals surface area contributed by atoms with Crippen LogP contribution in [0.15, 0.2) is 22.7 Å². The monoisotopic (exact) mass is 283 g/mol. The van der Waals surface area contributed by atoms with Gasteiger partial charge >= 0.3 is 0 Å². The van der Waals surface area contributed by atoms with E-state index in [1.165, 1.54) is 5.56 Å². The predicted octanol–water partition coefficient (Wildman–Crippen LogP) is 4.13. The third-order valence-electron chi connectivity index (χ3n) is 2.61. The first-order valence-electron chi connectivity index (χ1n) is 5.61. The van der Waals surface area contributed by atoms with Gasteiger partial charge in [-0.3, -0.25) is 4.79 Å². The molecule has 0 spiro atoms. The van der Waals surface area contributed by atoms with Crippen LogP contribution in [-0.4, -0.2) is 5.91 Å². The number of benzene rings is 1. The molecular weight excluding hydrogens is 266 g/mol. The molecule has 2 nitrogen and oxygen atoms in total. The number of rotatable bonds is 4. The first kappa shape index (κ1) is 13.2. The van der Waals surface area contributed by atoms with Crippen molar-refractivity contribution >= 4 is 27.5 Å². The second-order valence-corrected chi connectivity index (χ2v) is 5.00.